The number of amides is 2. The topological polar surface area (TPSA) is 84.2 Å². The van der Waals surface area contributed by atoms with Gasteiger partial charge in [-0.3, -0.25) is 14.9 Å². The quantitative estimate of drug-likeness (QED) is 0.447. The number of furan rings is 1. The third-order valence-electron chi connectivity index (χ3n) is 4.42. The van der Waals surface area contributed by atoms with Crippen molar-refractivity contribution in [2.75, 3.05) is 10.6 Å². The molecule has 0 spiro atoms. The minimum atomic E-state index is -0.381. The Hall–Kier alpha value is -3.71. The Morgan fingerprint density at radius 2 is 1.70 bits per heavy atom. The number of carbonyl (C=O) groups excluding carboxylic acids is 2. The lowest BCUT2D eigenvalue weighted by molar-refractivity contribution is 0.0995. The van der Waals surface area contributed by atoms with Gasteiger partial charge >= 0.3 is 0 Å². The third-order valence-corrected chi connectivity index (χ3v) is 5.31. The summed E-state index contributed by atoms with van der Waals surface area (Å²) in [6.45, 7) is 3.93. The molecule has 2 amide bonds. The minimum Gasteiger partial charge on any atom is -0.459 e. The number of aryl methyl sites for hydroxylation is 2. The van der Waals surface area contributed by atoms with Crippen molar-refractivity contribution >= 4 is 33.3 Å². The summed E-state index contributed by atoms with van der Waals surface area (Å²) in [5.74, 6) is -0.441. The summed E-state index contributed by atoms with van der Waals surface area (Å²) in [5.41, 5.74) is 4.07. The van der Waals surface area contributed by atoms with Gasteiger partial charge in [-0.25, -0.2) is 4.98 Å². The van der Waals surface area contributed by atoms with Crippen LogP contribution in [0.3, 0.4) is 0 Å². The Labute approximate surface area is 177 Å². The van der Waals surface area contributed by atoms with E-state index in [0.717, 1.165) is 16.7 Å². The van der Waals surface area contributed by atoms with Crippen molar-refractivity contribution in [2.45, 2.75) is 13.8 Å². The minimum absolute atomic E-state index is 0.198. The average molecular weight is 417 g/mol. The molecular weight excluding hydrogens is 398 g/mol. The second kappa shape index (κ2) is 8.34. The first kappa shape index (κ1) is 19.6. The third kappa shape index (κ3) is 4.31. The first-order chi connectivity index (χ1) is 14.5. The number of anilines is 2. The van der Waals surface area contributed by atoms with E-state index in [4.69, 9.17) is 4.42 Å². The zero-order valence-electron chi connectivity index (χ0n) is 16.4. The molecule has 0 bridgehead atoms. The molecule has 7 heteroatoms. The maximum absolute atomic E-state index is 12.6. The van der Waals surface area contributed by atoms with E-state index >= 15 is 0 Å². The van der Waals surface area contributed by atoms with Gasteiger partial charge in [-0.1, -0.05) is 58.9 Å². The Balaban J connectivity index is 1.65. The van der Waals surface area contributed by atoms with Crippen molar-refractivity contribution < 1.29 is 14.0 Å². The number of hydrogen-bond donors (Lipinski definition) is 2. The van der Waals surface area contributed by atoms with Crippen LogP contribution in [-0.2, 0) is 0 Å². The van der Waals surface area contributed by atoms with Crippen LogP contribution in [0.15, 0.2) is 71.3 Å². The first-order valence-electron chi connectivity index (χ1n) is 9.30. The number of aromatic nitrogens is 1. The van der Waals surface area contributed by atoms with Crippen LogP contribution in [0.5, 0.6) is 0 Å². The molecule has 0 aliphatic carbocycles. The zero-order valence-corrected chi connectivity index (χ0v) is 17.2. The molecule has 0 radical (unpaired) electrons. The molecule has 6 nitrogen and oxygen atoms in total. The highest BCUT2D eigenvalue weighted by atomic mass is 32.1. The standard InChI is InChI=1S/C23H19N3O3S/c1-14-8-10-16(11-9-14)19-22(25-21(28)18-7-4-12-29-18)30-23(24-19)26-20(27)17-6-3-5-15(2)13-17/h3-13H,1-2H3,(H,25,28)(H,24,26,27). The molecule has 0 saturated carbocycles. The van der Waals surface area contributed by atoms with Crippen molar-refractivity contribution in [3.8, 4) is 11.3 Å². The summed E-state index contributed by atoms with van der Waals surface area (Å²) >= 11 is 1.19. The predicted molar refractivity (Wildman–Crippen MR) is 118 cm³/mol. The van der Waals surface area contributed by atoms with Crippen molar-refractivity contribution in [1.29, 1.82) is 0 Å². The maximum Gasteiger partial charge on any atom is 0.292 e. The first-order valence-corrected chi connectivity index (χ1v) is 10.1. The average Bonchev–Trinajstić information content (AvgIpc) is 3.39. The molecule has 2 heterocycles. The lowest BCUT2D eigenvalue weighted by atomic mass is 10.1. The van der Waals surface area contributed by atoms with Gasteiger partial charge < -0.3 is 9.73 Å². The van der Waals surface area contributed by atoms with Crippen LogP contribution in [0.2, 0.25) is 0 Å². The van der Waals surface area contributed by atoms with Crippen LogP contribution < -0.4 is 10.6 Å². The number of rotatable bonds is 5. The number of thiazole rings is 1. The molecule has 2 aromatic carbocycles. The summed E-state index contributed by atoms with van der Waals surface area (Å²) in [7, 11) is 0. The van der Waals surface area contributed by atoms with Gasteiger partial charge in [0.25, 0.3) is 11.8 Å². The molecule has 150 valence electrons. The molecule has 0 unspecified atom stereocenters. The van der Waals surface area contributed by atoms with Gasteiger partial charge in [0.05, 0.1) is 6.26 Å². The molecule has 0 saturated heterocycles. The van der Waals surface area contributed by atoms with Crippen LogP contribution in [0.1, 0.15) is 32.0 Å². The molecule has 0 atom stereocenters. The van der Waals surface area contributed by atoms with Crippen LogP contribution in [-0.4, -0.2) is 16.8 Å². The number of hydrogen-bond acceptors (Lipinski definition) is 5. The fourth-order valence-electron chi connectivity index (χ4n) is 2.89. The van der Waals surface area contributed by atoms with Crippen LogP contribution >= 0.6 is 11.3 Å². The highest BCUT2D eigenvalue weighted by molar-refractivity contribution is 7.20. The van der Waals surface area contributed by atoms with Gasteiger partial charge in [0, 0.05) is 11.1 Å². The second-order valence-corrected chi connectivity index (χ2v) is 7.82. The van der Waals surface area contributed by atoms with Gasteiger partial charge in [0.1, 0.15) is 10.7 Å². The smallest absolute Gasteiger partial charge is 0.292 e. The Kier molecular flexibility index (Phi) is 5.45. The Bertz CT molecular complexity index is 1190. The molecule has 4 aromatic rings. The van der Waals surface area contributed by atoms with E-state index in [1.54, 1.807) is 18.2 Å². The number of carbonyl (C=O) groups is 2. The Morgan fingerprint density at radius 3 is 2.40 bits per heavy atom. The normalized spacial score (nSPS) is 10.6. The van der Waals surface area contributed by atoms with E-state index in [9.17, 15) is 9.59 Å². The van der Waals surface area contributed by atoms with Gasteiger partial charge in [-0.05, 0) is 38.1 Å². The molecule has 2 aromatic heterocycles. The fraction of sp³-hybridized carbons (Fsp3) is 0.0870. The van der Waals surface area contributed by atoms with Crippen LogP contribution in [0.4, 0.5) is 10.1 Å². The van der Waals surface area contributed by atoms with Crippen molar-refractivity contribution in [3.63, 3.8) is 0 Å². The lowest BCUT2D eigenvalue weighted by Gasteiger charge is -2.04. The molecule has 0 fully saturated rings. The fourth-order valence-corrected chi connectivity index (χ4v) is 3.77. The van der Waals surface area contributed by atoms with E-state index < -0.39 is 0 Å². The molecular formula is C23H19N3O3S. The molecule has 0 aliphatic rings. The second-order valence-electron chi connectivity index (χ2n) is 6.82. The van der Waals surface area contributed by atoms with Crippen molar-refractivity contribution in [2.24, 2.45) is 0 Å². The highest BCUT2D eigenvalue weighted by Gasteiger charge is 2.19. The molecule has 2 N–H and O–H groups in total. The monoisotopic (exact) mass is 417 g/mol. The maximum atomic E-state index is 12.6. The van der Waals surface area contributed by atoms with E-state index in [1.807, 2.05) is 56.3 Å². The number of nitrogens with zero attached hydrogens (tertiary/aromatic N) is 1. The van der Waals surface area contributed by atoms with E-state index in [-0.39, 0.29) is 17.6 Å². The van der Waals surface area contributed by atoms with Crippen molar-refractivity contribution in [3.05, 3.63) is 89.4 Å². The summed E-state index contributed by atoms with van der Waals surface area (Å²) in [5, 5.41) is 6.59. The number of benzene rings is 2. The van der Waals surface area contributed by atoms with Gasteiger partial charge in [0.15, 0.2) is 10.9 Å². The van der Waals surface area contributed by atoms with E-state index in [2.05, 4.69) is 15.6 Å². The van der Waals surface area contributed by atoms with Gasteiger partial charge in [-0.2, -0.15) is 0 Å². The summed E-state index contributed by atoms with van der Waals surface area (Å²) in [6, 6.07) is 18.3. The van der Waals surface area contributed by atoms with Gasteiger partial charge in [0.2, 0.25) is 0 Å². The molecule has 0 aliphatic heterocycles. The highest BCUT2D eigenvalue weighted by Crippen LogP contribution is 2.36. The Morgan fingerprint density at radius 1 is 0.900 bits per heavy atom. The lowest BCUT2D eigenvalue weighted by Crippen LogP contribution is -2.11. The predicted octanol–water partition coefficient (Wildman–Crippen LogP) is 5.52. The van der Waals surface area contributed by atoms with Gasteiger partial charge in [-0.15, -0.1) is 0 Å². The SMILES string of the molecule is Cc1ccc(-c2nc(NC(=O)c3cccc(C)c3)sc2NC(=O)c2ccco2)cc1. The molecule has 4 rings (SSSR count). The zero-order chi connectivity index (χ0) is 21.1. The van der Waals surface area contributed by atoms with E-state index in [0.29, 0.717) is 21.4 Å². The number of nitrogens with one attached hydrogen (secondary N) is 2. The van der Waals surface area contributed by atoms with E-state index in [1.165, 1.54) is 17.6 Å². The summed E-state index contributed by atoms with van der Waals surface area (Å²) in [4.78, 5) is 29.7. The largest absolute Gasteiger partial charge is 0.459 e. The van der Waals surface area contributed by atoms with Crippen LogP contribution in [0, 0.1) is 13.8 Å². The van der Waals surface area contributed by atoms with Crippen molar-refractivity contribution in [1.82, 2.24) is 4.98 Å². The van der Waals surface area contributed by atoms with Crippen LogP contribution in [0.25, 0.3) is 11.3 Å². The summed E-state index contributed by atoms with van der Waals surface area (Å²) < 4.78 is 5.17. The summed E-state index contributed by atoms with van der Waals surface area (Å²) in [6.07, 6.45) is 1.44. The molecule has 30 heavy (non-hydrogen) atoms.